The Kier molecular flexibility index (Phi) is 4.60. The largest absolute Gasteiger partial charge is 0.376 e. The van der Waals surface area contributed by atoms with E-state index in [4.69, 9.17) is 10.5 Å². The number of nitrogens with two attached hydrogens (primary N) is 1. The van der Waals surface area contributed by atoms with Crippen LogP contribution in [0.5, 0.6) is 0 Å². The fourth-order valence-corrected chi connectivity index (χ4v) is 0.964. The summed E-state index contributed by atoms with van der Waals surface area (Å²) in [7, 11) is 3.60. The molecule has 0 fully saturated rings. The molecule has 0 amide bonds. The fourth-order valence-electron chi connectivity index (χ4n) is 0.964. The van der Waals surface area contributed by atoms with Gasteiger partial charge in [0.25, 0.3) is 0 Å². The Morgan fingerprint density at radius 1 is 1.60 bits per heavy atom. The number of rotatable bonds is 5. The normalized spacial score (nSPS) is 16.8. The molecule has 0 aromatic rings. The molecule has 3 N–H and O–H groups in total. The van der Waals surface area contributed by atoms with E-state index in [2.05, 4.69) is 12.2 Å². The number of methoxy groups -OCH3 is 1. The van der Waals surface area contributed by atoms with Crippen molar-refractivity contribution in [2.45, 2.75) is 18.9 Å². The van der Waals surface area contributed by atoms with Gasteiger partial charge in [0.15, 0.2) is 0 Å². The van der Waals surface area contributed by atoms with E-state index >= 15 is 0 Å². The minimum absolute atomic E-state index is 0.158. The van der Waals surface area contributed by atoms with Crippen LogP contribution in [0.1, 0.15) is 13.3 Å². The summed E-state index contributed by atoms with van der Waals surface area (Å²) in [5.41, 5.74) is 5.39. The lowest BCUT2D eigenvalue weighted by Crippen LogP contribution is -2.47. The second-order valence-electron chi connectivity index (χ2n) is 2.48. The van der Waals surface area contributed by atoms with E-state index in [0.29, 0.717) is 6.54 Å². The van der Waals surface area contributed by atoms with Crippen LogP contribution in [0.2, 0.25) is 0 Å². The zero-order chi connectivity index (χ0) is 8.04. The summed E-state index contributed by atoms with van der Waals surface area (Å²) in [4.78, 5) is 0. The Balaban J connectivity index is 3.87. The van der Waals surface area contributed by atoms with Gasteiger partial charge < -0.3 is 15.8 Å². The van der Waals surface area contributed by atoms with E-state index in [-0.39, 0.29) is 5.60 Å². The van der Waals surface area contributed by atoms with Gasteiger partial charge in [-0.15, -0.1) is 0 Å². The summed E-state index contributed by atoms with van der Waals surface area (Å²) in [5.74, 6) is 0. The van der Waals surface area contributed by atoms with E-state index in [1.165, 1.54) is 0 Å². The summed E-state index contributed by atoms with van der Waals surface area (Å²) in [6, 6.07) is 0. The second kappa shape index (κ2) is 4.66. The fraction of sp³-hybridized carbons (Fsp3) is 1.00. The van der Waals surface area contributed by atoms with Gasteiger partial charge in [0.2, 0.25) is 0 Å². The quantitative estimate of drug-likeness (QED) is 0.572. The maximum absolute atomic E-state index is 5.55. The van der Waals surface area contributed by atoms with E-state index in [9.17, 15) is 0 Å². The van der Waals surface area contributed by atoms with E-state index in [0.717, 1.165) is 13.0 Å². The molecule has 62 valence electrons. The summed E-state index contributed by atoms with van der Waals surface area (Å²) >= 11 is 0. The molecule has 0 aromatic carbocycles. The first kappa shape index (κ1) is 9.88. The van der Waals surface area contributed by atoms with Gasteiger partial charge in [0.05, 0.1) is 5.60 Å². The van der Waals surface area contributed by atoms with Crippen LogP contribution in [-0.2, 0) is 4.74 Å². The van der Waals surface area contributed by atoms with Gasteiger partial charge in [0, 0.05) is 20.2 Å². The smallest absolute Gasteiger partial charge is 0.0921 e. The summed E-state index contributed by atoms with van der Waals surface area (Å²) in [5, 5.41) is 3.06. The number of nitrogens with one attached hydrogen (secondary N) is 1. The summed E-state index contributed by atoms with van der Waals surface area (Å²) in [6.45, 7) is 3.46. The molecule has 0 radical (unpaired) electrons. The predicted molar refractivity (Wildman–Crippen MR) is 43.0 cm³/mol. The summed E-state index contributed by atoms with van der Waals surface area (Å²) in [6.07, 6.45) is 0.945. The molecule has 3 nitrogen and oxygen atoms in total. The maximum atomic E-state index is 5.55. The summed E-state index contributed by atoms with van der Waals surface area (Å²) < 4.78 is 5.29. The first-order valence-corrected chi connectivity index (χ1v) is 3.64. The lowest BCUT2D eigenvalue weighted by atomic mass is 10.0. The monoisotopic (exact) mass is 146 g/mol. The average molecular weight is 146 g/mol. The third kappa shape index (κ3) is 2.25. The lowest BCUT2D eigenvalue weighted by Gasteiger charge is -2.29. The lowest BCUT2D eigenvalue weighted by molar-refractivity contribution is -0.00332. The van der Waals surface area contributed by atoms with Crippen molar-refractivity contribution in [2.24, 2.45) is 5.73 Å². The minimum atomic E-state index is -0.158. The first-order valence-electron chi connectivity index (χ1n) is 3.64. The zero-order valence-electron chi connectivity index (χ0n) is 7.11. The average Bonchev–Trinajstić information content (AvgIpc) is 2.01. The molecule has 1 atom stereocenters. The van der Waals surface area contributed by atoms with Crippen molar-refractivity contribution in [3.63, 3.8) is 0 Å². The number of likely N-dealkylation sites (N-methyl/N-ethyl adjacent to an activating group) is 1. The molecule has 0 aliphatic heterocycles. The third-order valence-electron chi connectivity index (χ3n) is 1.95. The predicted octanol–water partition coefficient (Wildman–Crippen LogP) is -0.0403. The molecule has 0 aliphatic rings. The third-order valence-corrected chi connectivity index (χ3v) is 1.95. The molecule has 1 unspecified atom stereocenters. The van der Waals surface area contributed by atoms with Crippen molar-refractivity contribution < 1.29 is 4.74 Å². The number of hydrogen-bond acceptors (Lipinski definition) is 3. The highest BCUT2D eigenvalue weighted by molar-refractivity contribution is 4.81. The first-order chi connectivity index (χ1) is 4.74. The van der Waals surface area contributed by atoms with Crippen LogP contribution < -0.4 is 11.1 Å². The van der Waals surface area contributed by atoms with Crippen LogP contribution in [0.15, 0.2) is 0 Å². The second-order valence-corrected chi connectivity index (χ2v) is 2.48. The van der Waals surface area contributed by atoms with Crippen molar-refractivity contribution in [1.82, 2.24) is 5.32 Å². The molecular weight excluding hydrogens is 128 g/mol. The van der Waals surface area contributed by atoms with Gasteiger partial charge in [-0.2, -0.15) is 0 Å². The van der Waals surface area contributed by atoms with E-state index < -0.39 is 0 Å². The van der Waals surface area contributed by atoms with Gasteiger partial charge in [-0.3, -0.25) is 0 Å². The van der Waals surface area contributed by atoms with Crippen molar-refractivity contribution in [2.75, 3.05) is 27.2 Å². The molecule has 0 saturated heterocycles. The molecular formula is C7H18N2O. The van der Waals surface area contributed by atoms with Crippen molar-refractivity contribution in [1.29, 1.82) is 0 Å². The Bertz CT molecular complexity index is 73.4. The minimum Gasteiger partial charge on any atom is -0.376 e. The van der Waals surface area contributed by atoms with Crippen LogP contribution in [-0.4, -0.2) is 32.8 Å². The zero-order valence-corrected chi connectivity index (χ0v) is 7.11. The highest BCUT2D eigenvalue weighted by Gasteiger charge is 2.24. The number of hydrogen-bond donors (Lipinski definition) is 2. The van der Waals surface area contributed by atoms with Crippen molar-refractivity contribution in [3.05, 3.63) is 0 Å². The molecule has 0 bridgehead atoms. The van der Waals surface area contributed by atoms with Crippen molar-refractivity contribution in [3.8, 4) is 0 Å². The van der Waals surface area contributed by atoms with Gasteiger partial charge >= 0.3 is 0 Å². The maximum Gasteiger partial charge on any atom is 0.0921 e. The molecule has 0 spiro atoms. The topological polar surface area (TPSA) is 47.3 Å². The van der Waals surface area contributed by atoms with E-state index in [1.54, 1.807) is 7.11 Å². The highest BCUT2D eigenvalue weighted by atomic mass is 16.5. The van der Waals surface area contributed by atoms with Gasteiger partial charge in [-0.1, -0.05) is 6.92 Å². The van der Waals surface area contributed by atoms with Crippen molar-refractivity contribution >= 4 is 0 Å². The Labute approximate surface area is 62.9 Å². The molecule has 0 aromatic heterocycles. The van der Waals surface area contributed by atoms with E-state index in [1.807, 2.05) is 7.05 Å². The molecule has 3 heteroatoms. The van der Waals surface area contributed by atoms with Crippen LogP contribution in [0, 0.1) is 0 Å². The Morgan fingerprint density at radius 2 is 2.20 bits per heavy atom. The Hall–Kier alpha value is -0.120. The van der Waals surface area contributed by atoms with Crippen LogP contribution in [0.25, 0.3) is 0 Å². The van der Waals surface area contributed by atoms with Gasteiger partial charge in [-0.25, -0.2) is 0 Å². The molecule has 0 rings (SSSR count). The van der Waals surface area contributed by atoms with Crippen LogP contribution >= 0.6 is 0 Å². The van der Waals surface area contributed by atoms with Crippen LogP contribution in [0.3, 0.4) is 0 Å². The standard InChI is InChI=1S/C7H18N2O/c1-4-7(5-8,10-3)6-9-2/h9H,4-6,8H2,1-3H3. The van der Waals surface area contributed by atoms with Gasteiger partial charge in [0.1, 0.15) is 0 Å². The number of ether oxygens (including phenoxy) is 1. The molecule has 0 aliphatic carbocycles. The SMILES string of the molecule is CCC(CN)(CNC)OC. The highest BCUT2D eigenvalue weighted by Crippen LogP contribution is 2.10. The molecule has 10 heavy (non-hydrogen) atoms. The van der Waals surface area contributed by atoms with Gasteiger partial charge in [-0.05, 0) is 13.5 Å². The van der Waals surface area contributed by atoms with Crippen LogP contribution in [0.4, 0.5) is 0 Å². The Morgan fingerprint density at radius 3 is 2.30 bits per heavy atom. The molecule has 0 saturated carbocycles. The molecule has 0 heterocycles.